The van der Waals surface area contributed by atoms with Crippen molar-refractivity contribution in [3.63, 3.8) is 0 Å². The number of aryl methyl sites for hydroxylation is 1. The van der Waals surface area contributed by atoms with Crippen molar-refractivity contribution >= 4 is 17.4 Å². The summed E-state index contributed by atoms with van der Waals surface area (Å²) in [4.78, 5) is 8.93. The predicted molar refractivity (Wildman–Crippen MR) is 68.9 cm³/mol. The van der Waals surface area contributed by atoms with Gasteiger partial charge < -0.3 is 5.73 Å². The Kier molecular flexibility index (Phi) is 2.48. The second-order valence-electron chi connectivity index (χ2n) is 4.19. The first kappa shape index (κ1) is 10.5. The fourth-order valence-corrected chi connectivity index (χ4v) is 2.44. The summed E-state index contributed by atoms with van der Waals surface area (Å²) in [6.45, 7) is 0. The number of halogens is 1. The van der Waals surface area contributed by atoms with Gasteiger partial charge in [-0.15, -0.1) is 0 Å². The Bertz CT molecular complexity index is 581. The van der Waals surface area contributed by atoms with Crippen LogP contribution in [-0.2, 0) is 12.8 Å². The van der Waals surface area contributed by atoms with Gasteiger partial charge in [0.05, 0.1) is 5.02 Å². The molecule has 17 heavy (non-hydrogen) atoms. The lowest BCUT2D eigenvalue weighted by Crippen LogP contribution is -2.02. The quantitative estimate of drug-likeness (QED) is 0.841. The summed E-state index contributed by atoms with van der Waals surface area (Å²) in [5.74, 6) is 1.23. The highest BCUT2D eigenvalue weighted by atomic mass is 35.5. The number of fused-ring (bicyclic) bond motifs is 1. The van der Waals surface area contributed by atoms with E-state index < -0.39 is 0 Å². The Morgan fingerprint density at radius 1 is 1.12 bits per heavy atom. The van der Waals surface area contributed by atoms with E-state index in [9.17, 15) is 0 Å². The standard InChI is InChI=1S/C13H12ClN3/c14-10-6-2-1-4-8(10)13-16-11-7-3-5-9(11)12(15)17-13/h1-2,4,6H,3,5,7H2,(H2,15,16,17). The lowest BCUT2D eigenvalue weighted by atomic mass is 10.2. The molecule has 1 aromatic carbocycles. The molecule has 0 fully saturated rings. The fraction of sp³-hybridized carbons (Fsp3) is 0.231. The average Bonchev–Trinajstić information content (AvgIpc) is 2.78. The van der Waals surface area contributed by atoms with Crippen LogP contribution in [0.3, 0.4) is 0 Å². The molecule has 0 saturated heterocycles. The molecule has 3 nitrogen and oxygen atoms in total. The van der Waals surface area contributed by atoms with E-state index in [0.29, 0.717) is 16.7 Å². The summed E-state index contributed by atoms with van der Waals surface area (Å²) in [6, 6.07) is 7.57. The monoisotopic (exact) mass is 245 g/mol. The number of aromatic nitrogens is 2. The van der Waals surface area contributed by atoms with Crippen LogP contribution in [-0.4, -0.2) is 9.97 Å². The van der Waals surface area contributed by atoms with E-state index in [1.807, 2.05) is 24.3 Å². The third-order valence-electron chi connectivity index (χ3n) is 3.08. The topological polar surface area (TPSA) is 51.8 Å². The summed E-state index contributed by atoms with van der Waals surface area (Å²) >= 11 is 6.14. The zero-order valence-corrected chi connectivity index (χ0v) is 10.0. The largest absolute Gasteiger partial charge is 0.383 e. The minimum Gasteiger partial charge on any atom is -0.383 e. The van der Waals surface area contributed by atoms with Gasteiger partial charge >= 0.3 is 0 Å². The molecule has 0 amide bonds. The third-order valence-corrected chi connectivity index (χ3v) is 3.41. The van der Waals surface area contributed by atoms with Crippen molar-refractivity contribution in [1.82, 2.24) is 9.97 Å². The van der Waals surface area contributed by atoms with Crippen molar-refractivity contribution in [1.29, 1.82) is 0 Å². The highest BCUT2D eigenvalue weighted by Gasteiger charge is 2.18. The highest BCUT2D eigenvalue weighted by molar-refractivity contribution is 6.33. The second kappa shape index (κ2) is 4.00. The van der Waals surface area contributed by atoms with E-state index in [1.165, 1.54) is 0 Å². The number of anilines is 1. The molecular formula is C13H12ClN3. The SMILES string of the molecule is Nc1nc(-c2ccccc2Cl)nc2c1CCC2. The molecule has 86 valence electrons. The van der Waals surface area contributed by atoms with Crippen LogP contribution in [0, 0.1) is 0 Å². The summed E-state index contributed by atoms with van der Waals surface area (Å²) in [5.41, 5.74) is 9.00. The summed E-state index contributed by atoms with van der Waals surface area (Å²) in [7, 11) is 0. The van der Waals surface area contributed by atoms with Gasteiger partial charge in [-0.3, -0.25) is 0 Å². The lowest BCUT2D eigenvalue weighted by Gasteiger charge is -2.07. The number of nitrogens with two attached hydrogens (primary N) is 1. The molecule has 0 bridgehead atoms. The van der Waals surface area contributed by atoms with E-state index in [1.54, 1.807) is 0 Å². The minimum atomic E-state index is 0.599. The first-order chi connectivity index (χ1) is 8.25. The molecular weight excluding hydrogens is 234 g/mol. The second-order valence-corrected chi connectivity index (χ2v) is 4.60. The van der Waals surface area contributed by atoms with Gasteiger partial charge in [0.2, 0.25) is 0 Å². The predicted octanol–water partition coefficient (Wildman–Crippen LogP) is 2.87. The van der Waals surface area contributed by atoms with Crippen molar-refractivity contribution in [2.45, 2.75) is 19.3 Å². The molecule has 0 radical (unpaired) electrons. The normalized spacial score (nSPS) is 13.7. The zero-order chi connectivity index (χ0) is 11.8. The molecule has 1 heterocycles. The van der Waals surface area contributed by atoms with Crippen LogP contribution in [0.25, 0.3) is 11.4 Å². The van der Waals surface area contributed by atoms with E-state index >= 15 is 0 Å². The van der Waals surface area contributed by atoms with E-state index in [0.717, 1.165) is 36.1 Å². The maximum atomic E-state index is 6.14. The Hall–Kier alpha value is -1.61. The number of rotatable bonds is 1. The number of hydrogen-bond donors (Lipinski definition) is 1. The lowest BCUT2D eigenvalue weighted by molar-refractivity contribution is 0.900. The van der Waals surface area contributed by atoms with E-state index in [4.69, 9.17) is 17.3 Å². The highest BCUT2D eigenvalue weighted by Crippen LogP contribution is 2.30. The molecule has 1 aromatic heterocycles. The molecule has 0 spiro atoms. The first-order valence-corrected chi connectivity index (χ1v) is 6.03. The summed E-state index contributed by atoms with van der Waals surface area (Å²) < 4.78 is 0. The van der Waals surface area contributed by atoms with Crippen molar-refractivity contribution in [3.05, 3.63) is 40.5 Å². The van der Waals surface area contributed by atoms with Crippen LogP contribution in [0.4, 0.5) is 5.82 Å². The molecule has 3 rings (SSSR count). The number of nitrogens with zero attached hydrogens (tertiary/aromatic N) is 2. The van der Waals surface area contributed by atoms with Gasteiger partial charge in [0, 0.05) is 16.8 Å². The molecule has 4 heteroatoms. The number of hydrogen-bond acceptors (Lipinski definition) is 3. The molecule has 1 aliphatic rings. The first-order valence-electron chi connectivity index (χ1n) is 5.66. The molecule has 2 N–H and O–H groups in total. The van der Waals surface area contributed by atoms with Crippen molar-refractivity contribution in [2.75, 3.05) is 5.73 Å². The van der Waals surface area contributed by atoms with Crippen molar-refractivity contribution < 1.29 is 0 Å². The summed E-state index contributed by atoms with van der Waals surface area (Å²) in [6.07, 6.45) is 3.09. The Labute approximate surface area is 105 Å². The number of benzene rings is 1. The van der Waals surface area contributed by atoms with Crippen LogP contribution < -0.4 is 5.73 Å². The van der Waals surface area contributed by atoms with Gasteiger partial charge in [0.1, 0.15) is 5.82 Å². The van der Waals surface area contributed by atoms with Crippen LogP contribution >= 0.6 is 11.6 Å². The van der Waals surface area contributed by atoms with Gasteiger partial charge in [-0.25, -0.2) is 9.97 Å². The smallest absolute Gasteiger partial charge is 0.163 e. The molecule has 0 aliphatic heterocycles. The number of nitrogen functional groups attached to an aromatic ring is 1. The van der Waals surface area contributed by atoms with Crippen molar-refractivity contribution in [2.24, 2.45) is 0 Å². The zero-order valence-electron chi connectivity index (χ0n) is 9.28. The van der Waals surface area contributed by atoms with Gasteiger partial charge in [-0.2, -0.15) is 0 Å². The van der Waals surface area contributed by atoms with E-state index in [2.05, 4.69) is 9.97 Å². The van der Waals surface area contributed by atoms with Crippen molar-refractivity contribution in [3.8, 4) is 11.4 Å². The molecule has 0 saturated carbocycles. The van der Waals surface area contributed by atoms with Crippen LogP contribution in [0.2, 0.25) is 5.02 Å². The average molecular weight is 246 g/mol. The van der Waals surface area contributed by atoms with Gasteiger partial charge in [-0.05, 0) is 31.4 Å². The van der Waals surface area contributed by atoms with Gasteiger partial charge in [0.25, 0.3) is 0 Å². The summed E-state index contributed by atoms with van der Waals surface area (Å²) in [5, 5.41) is 0.657. The third kappa shape index (κ3) is 1.76. The Morgan fingerprint density at radius 3 is 2.76 bits per heavy atom. The molecule has 1 aliphatic carbocycles. The Balaban J connectivity index is 2.17. The minimum absolute atomic E-state index is 0.599. The van der Waals surface area contributed by atoms with Crippen LogP contribution in [0.1, 0.15) is 17.7 Å². The Morgan fingerprint density at radius 2 is 1.94 bits per heavy atom. The molecule has 0 atom stereocenters. The maximum Gasteiger partial charge on any atom is 0.163 e. The van der Waals surface area contributed by atoms with Gasteiger partial charge in [-0.1, -0.05) is 23.7 Å². The molecule has 0 unspecified atom stereocenters. The fourth-order valence-electron chi connectivity index (χ4n) is 2.22. The van der Waals surface area contributed by atoms with Crippen LogP contribution in [0.15, 0.2) is 24.3 Å². The maximum absolute atomic E-state index is 6.14. The van der Waals surface area contributed by atoms with E-state index in [-0.39, 0.29) is 0 Å². The molecule has 2 aromatic rings. The van der Waals surface area contributed by atoms with Gasteiger partial charge in [0.15, 0.2) is 5.82 Å². The van der Waals surface area contributed by atoms with Crippen LogP contribution in [0.5, 0.6) is 0 Å².